The van der Waals surface area contributed by atoms with Gasteiger partial charge in [-0.25, -0.2) is 0 Å². The number of hydrogen-bond acceptors (Lipinski definition) is 3. The van der Waals surface area contributed by atoms with Gasteiger partial charge in [-0.15, -0.1) is 24.0 Å². The smallest absolute Gasteiger partial charge is 0.191 e. The summed E-state index contributed by atoms with van der Waals surface area (Å²) in [4.78, 5) is 4.64. The summed E-state index contributed by atoms with van der Waals surface area (Å²) in [5.74, 6) is 2.49. The highest BCUT2D eigenvalue weighted by atomic mass is 127. The van der Waals surface area contributed by atoms with E-state index in [2.05, 4.69) is 47.9 Å². The number of nitrogens with one attached hydrogen (secondary N) is 2. The first-order valence-electron chi connectivity index (χ1n) is 8.39. The molecule has 0 radical (unpaired) electrons. The Morgan fingerprint density at radius 2 is 2.00 bits per heavy atom. The molecule has 0 aliphatic heterocycles. The van der Waals surface area contributed by atoms with E-state index in [0.29, 0.717) is 12.5 Å². The number of aliphatic imine (C=N–C) groups is 1. The molecule has 138 valence electrons. The van der Waals surface area contributed by atoms with Crippen LogP contribution in [0.4, 0.5) is 0 Å². The van der Waals surface area contributed by atoms with Crippen LogP contribution < -0.4 is 10.6 Å². The fraction of sp³-hybridized carbons (Fsp3) is 0.611. The maximum Gasteiger partial charge on any atom is 0.191 e. The van der Waals surface area contributed by atoms with E-state index in [1.807, 2.05) is 30.0 Å². The minimum Gasteiger partial charge on any atom is -0.376 e. The van der Waals surface area contributed by atoms with Crippen LogP contribution in [-0.4, -0.2) is 44.2 Å². The quantitative estimate of drug-likeness (QED) is 0.226. The van der Waals surface area contributed by atoms with Crippen LogP contribution in [0, 0.1) is 5.92 Å². The first kappa shape index (κ1) is 23.5. The second kappa shape index (κ2) is 16.0. The van der Waals surface area contributed by atoms with Gasteiger partial charge in [0.05, 0.1) is 13.2 Å². The standard InChI is InChI=1S/C18H31N3OS.HI/c1-4-19-18(20-11-8-12-23-3)21-13-16(2)14-22-15-17-9-6-5-7-10-17;/h5-7,9-10,16H,4,8,11-15H2,1-3H3,(H2,19,20,21);1H. The molecule has 1 aromatic rings. The highest BCUT2D eigenvalue weighted by molar-refractivity contribution is 14.0. The van der Waals surface area contributed by atoms with E-state index in [1.54, 1.807) is 0 Å². The number of ether oxygens (including phenoxy) is 1. The van der Waals surface area contributed by atoms with Crippen molar-refractivity contribution >= 4 is 41.7 Å². The molecule has 0 saturated carbocycles. The molecule has 0 bridgehead atoms. The van der Waals surface area contributed by atoms with Gasteiger partial charge >= 0.3 is 0 Å². The maximum absolute atomic E-state index is 5.77. The van der Waals surface area contributed by atoms with Gasteiger partial charge in [-0.05, 0) is 36.8 Å². The summed E-state index contributed by atoms with van der Waals surface area (Å²) in [6, 6.07) is 10.3. The zero-order chi connectivity index (χ0) is 16.8. The topological polar surface area (TPSA) is 45.7 Å². The number of guanidine groups is 1. The van der Waals surface area contributed by atoms with Gasteiger partial charge in [0.1, 0.15) is 0 Å². The van der Waals surface area contributed by atoms with E-state index in [0.717, 1.165) is 38.6 Å². The maximum atomic E-state index is 5.77. The number of hydrogen-bond donors (Lipinski definition) is 2. The predicted molar refractivity (Wildman–Crippen MR) is 118 cm³/mol. The fourth-order valence-electron chi connectivity index (χ4n) is 2.02. The lowest BCUT2D eigenvalue weighted by molar-refractivity contribution is 0.0945. The van der Waals surface area contributed by atoms with Crippen LogP contribution >= 0.6 is 35.7 Å². The molecule has 0 spiro atoms. The minimum atomic E-state index is 0. The Labute approximate surface area is 168 Å². The van der Waals surface area contributed by atoms with E-state index in [1.165, 1.54) is 11.3 Å². The van der Waals surface area contributed by atoms with Crippen LogP contribution in [0.15, 0.2) is 35.3 Å². The summed E-state index contributed by atoms with van der Waals surface area (Å²) in [5.41, 5.74) is 1.21. The van der Waals surface area contributed by atoms with Crippen molar-refractivity contribution in [3.63, 3.8) is 0 Å². The molecular formula is C18H32IN3OS. The average Bonchev–Trinajstić information content (AvgIpc) is 2.57. The molecule has 4 nitrogen and oxygen atoms in total. The number of halogens is 1. The Morgan fingerprint density at radius 1 is 1.25 bits per heavy atom. The Morgan fingerprint density at radius 3 is 2.67 bits per heavy atom. The zero-order valence-corrected chi connectivity index (χ0v) is 18.2. The molecule has 0 aliphatic rings. The summed E-state index contributed by atoms with van der Waals surface area (Å²) in [5, 5.41) is 6.67. The second-order valence-corrected chi connectivity index (χ2v) is 6.58. The van der Waals surface area contributed by atoms with E-state index in [4.69, 9.17) is 4.74 Å². The van der Waals surface area contributed by atoms with E-state index in [-0.39, 0.29) is 24.0 Å². The molecule has 1 rings (SSSR count). The van der Waals surface area contributed by atoms with Crippen molar-refractivity contribution in [2.24, 2.45) is 10.9 Å². The summed E-state index contributed by atoms with van der Waals surface area (Å²) in [6.45, 7) is 8.27. The lowest BCUT2D eigenvalue weighted by atomic mass is 10.2. The lowest BCUT2D eigenvalue weighted by Gasteiger charge is -2.13. The highest BCUT2D eigenvalue weighted by Gasteiger charge is 2.03. The van der Waals surface area contributed by atoms with Crippen molar-refractivity contribution in [3.8, 4) is 0 Å². The molecule has 24 heavy (non-hydrogen) atoms. The molecule has 1 aromatic carbocycles. The number of thioether (sulfide) groups is 1. The van der Waals surface area contributed by atoms with Crippen molar-refractivity contribution in [2.45, 2.75) is 26.9 Å². The normalized spacial score (nSPS) is 12.4. The third-order valence-corrected chi connectivity index (χ3v) is 3.93. The van der Waals surface area contributed by atoms with Crippen LogP contribution in [0.2, 0.25) is 0 Å². The van der Waals surface area contributed by atoms with Gasteiger partial charge in [0.2, 0.25) is 0 Å². The van der Waals surface area contributed by atoms with Crippen LogP contribution in [0.3, 0.4) is 0 Å². The molecule has 0 heterocycles. The Kier molecular flexibility index (Phi) is 15.7. The largest absolute Gasteiger partial charge is 0.376 e. The van der Waals surface area contributed by atoms with Crippen LogP contribution in [0.5, 0.6) is 0 Å². The molecule has 0 aliphatic carbocycles. The monoisotopic (exact) mass is 465 g/mol. The van der Waals surface area contributed by atoms with Crippen molar-refractivity contribution in [1.82, 2.24) is 10.6 Å². The number of benzene rings is 1. The zero-order valence-electron chi connectivity index (χ0n) is 15.1. The molecule has 0 aromatic heterocycles. The number of rotatable bonds is 11. The van der Waals surface area contributed by atoms with Gasteiger partial charge in [0.25, 0.3) is 0 Å². The van der Waals surface area contributed by atoms with Crippen molar-refractivity contribution in [3.05, 3.63) is 35.9 Å². The van der Waals surface area contributed by atoms with Crippen LogP contribution in [0.25, 0.3) is 0 Å². The van der Waals surface area contributed by atoms with Gasteiger partial charge in [0.15, 0.2) is 5.96 Å². The summed E-state index contributed by atoms with van der Waals surface area (Å²) >= 11 is 1.88. The van der Waals surface area contributed by atoms with Crippen LogP contribution in [0.1, 0.15) is 25.8 Å². The molecule has 0 saturated heterocycles. The first-order valence-corrected chi connectivity index (χ1v) is 9.78. The summed E-state index contributed by atoms with van der Waals surface area (Å²) < 4.78 is 5.77. The van der Waals surface area contributed by atoms with E-state index >= 15 is 0 Å². The highest BCUT2D eigenvalue weighted by Crippen LogP contribution is 2.03. The molecule has 1 atom stereocenters. The molecule has 0 amide bonds. The van der Waals surface area contributed by atoms with Gasteiger partial charge in [-0.2, -0.15) is 11.8 Å². The third kappa shape index (κ3) is 12.0. The first-order chi connectivity index (χ1) is 11.3. The predicted octanol–water partition coefficient (Wildman–Crippen LogP) is 3.77. The SMILES string of the molecule is CCNC(=NCC(C)COCc1ccccc1)NCCCSC.I. The van der Waals surface area contributed by atoms with Gasteiger partial charge in [-0.1, -0.05) is 37.3 Å². The Bertz CT molecular complexity index is 432. The van der Waals surface area contributed by atoms with Gasteiger partial charge in [-0.3, -0.25) is 4.99 Å². The molecule has 6 heteroatoms. The fourth-order valence-corrected chi connectivity index (χ4v) is 2.45. The molecule has 0 fully saturated rings. The van der Waals surface area contributed by atoms with Crippen molar-refractivity contribution in [1.29, 1.82) is 0 Å². The average molecular weight is 465 g/mol. The Balaban J connectivity index is 0.00000529. The number of nitrogens with zero attached hydrogens (tertiary/aromatic N) is 1. The van der Waals surface area contributed by atoms with Gasteiger partial charge in [0, 0.05) is 19.6 Å². The van der Waals surface area contributed by atoms with E-state index < -0.39 is 0 Å². The lowest BCUT2D eigenvalue weighted by Crippen LogP contribution is -2.38. The van der Waals surface area contributed by atoms with Crippen molar-refractivity contribution in [2.75, 3.05) is 38.2 Å². The van der Waals surface area contributed by atoms with Crippen LogP contribution in [-0.2, 0) is 11.3 Å². The third-order valence-electron chi connectivity index (χ3n) is 3.24. The molecular weight excluding hydrogens is 433 g/mol. The van der Waals surface area contributed by atoms with Crippen molar-refractivity contribution < 1.29 is 4.74 Å². The van der Waals surface area contributed by atoms with Gasteiger partial charge < -0.3 is 15.4 Å². The minimum absolute atomic E-state index is 0. The molecule has 1 unspecified atom stereocenters. The summed E-state index contributed by atoms with van der Waals surface area (Å²) in [7, 11) is 0. The second-order valence-electron chi connectivity index (χ2n) is 5.60. The molecule has 2 N–H and O–H groups in total. The summed E-state index contributed by atoms with van der Waals surface area (Å²) in [6.07, 6.45) is 3.29. The van der Waals surface area contributed by atoms with E-state index in [9.17, 15) is 0 Å². The Hall–Kier alpha value is -0.470.